The predicted octanol–water partition coefficient (Wildman–Crippen LogP) is 4.23. The van der Waals surface area contributed by atoms with Crippen molar-refractivity contribution in [3.05, 3.63) is 63.6 Å². The Morgan fingerprint density at radius 3 is 2.57 bits per heavy atom. The average Bonchev–Trinajstić information content (AvgIpc) is 2.54. The number of hydrogen-bond donors (Lipinski definition) is 1. The lowest BCUT2D eigenvalue weighted by molar-refractivity contribution is 0.0697. The first kappa shape index (κ1) is 15.3. The van der Waals surface area contributed by atoms with E-state index in [-0.39, 0.29) is 5.56 Å². The Morgan fingerprint density at radius 1 is 1.22 bits per heavy atom. The summed E-state index contributed by atoms with van der Waals surface area (Å²) in [6.07, 6.45) is 1.20. The van der Waals surface area contributed by atoms with Crippen LogP contribution in [0.15, 0.2) is 46.9 Å². The fraction of sp³-hybridized carbons (Fsp3) is 0.0588. The van der Waals surface area contributed by atoms with Gasteiger partial charge in [0, 0.05) is 17.1 Å². The van der Waals surface area contributed by atoms with Gasteiger partial charge >= 0.3 is 12.1 Å². The van der Waals surface area contributed by atoms with Crippen LogP contribution >= 0.6 is 15.9 Å². The molecule has 5 nitrogen and oxygen atoms in total. The summed E-state index contributed by atoms with van der Waals surface area (Å²) in [6, 6.07) is 12.1. The van der Waals surface area contributed by atoms with Gasteiger partial charge in [0.15, 0.2) is 0 Å². The number of fused-ring (bicyclic) bond motifs is 1. The number of ether oxygens (including phenoxy) is 1. The van der Waals surface area contributed by atoms with E-state index in [1.807, 2.05) is 24.3 Å². The van der Waals surface area contributed by atoms with Crippen LogP contribution in [0.3, 0.4) is 0 Å². The first-order valence-electron chi connectivity index (χ1n) is 6.76. The zero-order chi connectivity index (χ0) is 16.6. The molecule has 1 aliphatic rings. The largest absolute Gasteiger partial charge is 0.478 e. The summed E-state index contributed by atoms with van der Waals surface area (Å²) < 4.78 is 6.28. The lowest BCUT2D eigenvalue weighted by Crippen LogP contribution is -2.31. The molecule has 0 unspecified atom stereocenters. The summed E-state index contributed by atoms with van der Waals surface area (Å²) in [5.74, 6) is -0.705. The molecule has 1 amide bonds. The van der Waals surface area contributed by atoms with Crippen molar-refractivity contribution in [2.75, 3.05) is 11.9 Å². The molecule has 3 rings (SSSR count). The fourth-order valence-electron chi connectivity index (χ4n) is 2.29. The van der Waals surface area contributed by atoms with E-state index < -0.39 is 12.1 Å². The molecule has 0 spiro atoms. The Hall–Kier alpha value is -2.60. The molecule has 116 valence electrons. The minimum absolute atomic E-state index is 0.136. The third kappa shape index (κ3) is 2.98. The number of cyclic esters (lactones) is 1. The highest BCUT2D eigenvalue weighted by atomic mass is 79.9. The summed E-state index contributed by atoms with van der Waals surface area (Å²) in [6.45, 7) is 0. The number of anilines is 1. The van der Waals surface area contributed by atoms with Crippen LogP contribution in [0.4, 0.5) is 10.5 Å². The van der Waals surface area contributed by atoms with E-state index in [4.69, 9.17) is 9.84 Å². The van der Waals surface area contributed by atoms with E-state index in [0.717, 1.165) is 10.0 Å². The van der Waals surface area contributed by atoms with E-state index in [0.29, 0.717) is 17.0 Å². The molecular weight excluding hydrogens is 362 g/mol. The maximum absolute atomic E-state index is 12.0. The van der Waals surface area contributed by atoms with Crippen LogP contribution < -0.4 is 4.90 Å². The molecule has 0 radical (unpaired) electrons. The van der Waals surface area contributed by atoms with Crippen LogP contribution in [0, 0.1) is 0 Å². The summed E-state index contributed by atoms with van der Waals surface area (Å²) in [5, 5.41) is 9.16. The number of aromatic carboxylic acids is 1. The Labute approximate surface area is 140 Å². The molecule has 0 saturated carbocycles. The average molecular weight is 374 g/mol. The molecule has 2 aromatic rings. The first-order chi connectivity index (χ1) is 11.0. The third-order valence-electron chi connectivity index (χ3n) is 3.51. The van der Waals surface area contributed by atoms with Crippen LogP contribution in [0.25, 0.3) is 11.8 Å². The van der Waals surface area contributed by atoms with Crippen LogP contribution in [0.2, 0.25) is 0 Å². The number of nitrogens with zero attached hydrogens (tertiary/aromatic N) is 1. The minimum atomic E-state index is -1.03. The van der Waals surface area contributed by atoms with Gasteiger partial charge < -0.3 is 9.84 Å². The van der Waals surface area contributed by atoms with Gasteiger partial charge in [0.2, 0.25) is 0 Å². The number of benzene rings is 2. The standard InChI is InChI=1S/C17H12BrNO4/c1-19-14-7-4-11(16(20)21)9-13(14)15(23-17(19)22)8-10-2-5-12(18)6-3-10/h2-9H,1H3,(H,20,21)/b15-8-. The van der Waals surface area contributed by atoms with Crippen molar-refractivity contribution in [1.82, 2.24) is 0 Å². The Morgan fingerprint density at radius 2 is 1.91 bits per heavy atom. The van der Waals surface area contributed by atoms with E-state index in [9.17, 15) is 9.59 Å². The lowest BCUT2D eigenvalue weighted by Gasteiger charge is -2.27. The van der Waals surface area contributed by atoms with E-state index in [2.05, 4.69) is 15.9 Å². The highest BCUT2D eigenvalue weighted by Crippen LogP contribution is 2.35. The van der Waals surface area contributed by atoms with Gasteiger partial charge in [-0.15, -0.1) is 0 Å². The maximum atomic E-state index is 12.0. The van der Waals surface area contributed by atoms with Gasteiger partial charge in [-0.25, -0.2) is 9.59 Å². The van der Waals surface area contributed by atoms with Crippen LogP contribution in [-0.2, 0) is 4.74 Å². The van der Waals surface area contributed by atoms with Crippen molar-refractivity contribution in [3.63, 3.8) is 0 Å². The van der Waals surface area contributed by atoms with Gasteiger partial charge in [-0.2, -0.15) is 0 Å². The third-order valence-corrected chi connectivity index (χ3v) is 4.04. The van der Waals surface area contributed by atoms with Crippen LogP contribution in [0.1, 0.15) is 21.5 Å². The fourth-order valence-corrected chi connectivity index (χ4v) is 2.56. The van der Waals surface area contributed by atoms with Crippen molar-refractivity contribution in [2.45, 2.75) is 0 Å². The Kier molecular flexibility index (Phi) is 3.92. The van der Waals surface area contributed by atoms with Gasteiger partial charge in [0.05, 0.1) is 11.3 Å². The van der Waals surface area contributed by atoms with Gasteiger partial charge in [-0.3, -0.25) is 4.90 Å². The number of amides is 1. The second-order valence-electron chi connectivity index (χ2n) is 5.02. The minimum Gasteiger partial charge on any atom is -0.478 e. The van der Waals surface area contributed by atoms with Gasteiger partial charge in [0.25, 0.3) is 0 Å². The summed E-state index contributed by atoms with van der Waals surface area (Å²) in [7, 11) is 1.58. The van der Waals surface area contributed by atoms with E-state index >= 15 is 0 Å². The molecule has 1 N–H and O–H groups in total. The maximum Gasteiger partial charge on any atom is 0.419 e. The Balaban J connectivity index is 2.13. The molecule has 0 saturated heterocycles. The monoisotopic (exact) mass is 373 g/mol. The second-order valence-corrected chi connectivity index (χ2v) is 5.94. The number of carbonyl (C=O) groups is 2. The second kappa shape index (κ2) is 5.89. The molecule has 23 heavy (non-hydrogen) atoms. The van der Waals surface area contributed by atoms with Crippen LogP contribution in [0.5, 0.6) is 0 Å². The number of rotatable bonds is 2. The smallest absolute Gasteiger partial charge is 0.419 e. The molecule has 1 aliphatic heterocycles. The molecule has 0 aromatic heterocycles. The quantitative estimate of drug-likeness (QED) is 0.854. The normalized spacial score (nSPS) is 15.3. The van der Waals surface area contributed by atoms with E-state index in [1.54, 1.807) is 19.2 Å². The van der Waals surface area contributed by atoms with Crippen molar-refractivity contribution in [2.24, 2.45) is 0 Å². The molecule has 0 aliphatic carbocycles. The molecule has 0 fully saturated rings. The molecule has 0 bridgehead atoms. The van der Waals surface area contributed by atoms with Crippen molar-refractivity contribution >= 4 is 45.5 Å². The molecule has 0 atom stereocenters. The van der Waals surface area contributed by atoms with Crippen molar-refractivity contribution in [1.29, 1.82) is 0 Å². The number of carboxylic acid groups (broad SMARTS) is 1. The SMILES string of the molecule is CN1C(=O)O/C(=C\c2ccc(Br)cc2)c2cc(C(=O)O)ccc21. The highest BCUT2D eigenvalue weighted by molar-refractivity contribution is 9.10. The molecular formula is C17H12BrNO4. The molecule has 1 heterocycles. The molecule has 6 heteroatoms. The van der Waals surface area contributed by atoms with Crippen molar-refractivity contribution < 1.29 is 19.4 Å². The predicted molar refractivity (Wildman–Crippen MR) is 90.3 cm³/mol. The van der Waals surface area contributed by atoms with Crippen molar-refractivity contribution in [3.8, 4) is 0 Å². The number of carbonyl (C=O) groups excluding carboxylic acids is 1. The summed E-state index contributed by atoms with van der Waals surface area (Å²) in [5.41, 5.74) is 2.15. The van der Waals surface area contributed by atoms with E-state index in [1.165, 1.54) is 17.0 Å². The summed E-state index contributed by atoms with van der Waals surface area (Å²) in [4.78, 5) is 24.5. The zero-order valence-electron chi connectivity index (χ0n) is 12.1. The highest BCUT2D eigenvalue weighted by Gasteiger charge is 2.27. The number of halogens is 1. The topological polar surface area (TPSA) is 66.8 Å². The van der Waals surface area contributed by atoms with Gasteiger partial charge in [-0.1, -0.05) is 28.1 Å². The first-order valence-corrected chi connectivity index (χ1v) is 7.55. The number of carboxylic acids is 1. The number of hydrogen-bond acceptors (Lipinski definition) is 3. The zero-order valence-corrected chi connectivity index (χ0v) is 13.7. The Bertz CT molecular complexity index is 827. The van der Waals surface area contributed by atoms with Gasteiger partial charge in [-0.05, 0) is 42.0 Å². The van der Waals surface area contributed by atoms with Gasteiger partial charge in [0.1, 0.15) is 5.76 Å². The lowest BCUT2D eigenvalue weighted by atomic mass is 10.0. The molecule has 2 aromatic carbocycles. The van der Waals surface area contributed by atoms with Crippen LogP contribution in [-0.4, -0.2) is 24.2 Å². The summed E-state index contributed by atoms with van der Waals surface area (Å²) >= 11 is 3.36.